The summed E-state index contributed by atoms with van der Waals surface area (Å²) in [5, 5.41) is 3.17. The van der Waals surface area contributed by atoms with Gasteiger partial charge in [-0.1, -0.05) is 6.42 Å². The second-order valence-corrected chi connectivity index (χ2v) is 7.15. The van der Waals surface area contributed by atoms with Crippen LogP contribution in [0.1, 0.15) is 43.7 Å². The molecule has 2 bridgehead atoms. The smallest absolute Gasteiger partial charge is 0.137 e. The highest BCUT2D eigenvalue weighted by Crippen LogP contribution is 2.51. The van der Waals surface area contributed by atoms with Crippen LogP contribution in [-0.4, -0.2) is 7.05 Å². The summed E-state index contributed by atoms with van der Waals surface area (Å²) in [5.74, 6) is 1.63. The van der Waals surface area contributed by atoms with E-state index < -0.39 is 5.82 Å². The second-order valence-electron chi connectivity index (χ2n) is 6.30. The number of halogens is 3. The number of nitrogens with one attached hydrogen (secondary N) is 1. The van der Waals surface area contributed by atoms with Crippen LogP contribution in [0.4, 0.5) is 8.78 Å². The summed E-state index contributed by atoms with van der Waals surface area (Å²) >= 11 is 3.03. The molecule has 1 aromatic rings. The molecule has 0 aliphatic heterocycles. The predicted molar refractivity (Wildman–Crippen MR) is 79.4 cm³/mol. The predicted octanol–water partition coefficient (Wildman–Crippen LogP) is 4.81. The van der Waals surface area contributed by atoms with Crippen molar-refractivity contribution in [2.45, 2.75) is 38.1 Å². The van der Waals surface area contributed by atoms with E-state index in [4.69, 9.17) is 0 Å². The lowest BCUT2D eigenvalue weighted by Gasteiger charge is -2.27. The summed E-state index contributed by atoms with van der Waals surface area (Å²) in [4.78, 5) is 0. The molecular formula is C16H20BrF2N. The van der Waals surface area contributed by atoms with Crippen LogP contribution in [0.3, 0.4) is 0 Å². The Morgan fingerprint density at radius 3 is 2.65 bits per heavy atom. The molecule has 2 fully saturated rings. The van der Waals surface area contributed by atoms with Crippen molar-refractivity contribution < 1.29 is 8.78 Å². The van der Waals surface area contributed by atoms with Gasteiger partial charge in [-0.25, -0.2) is 8.78 Å². The molecule has 20 heavy (non-hydrogen) atoms. The van der Waals surface area contributed by atoms with Gasteiger partial charge in [0.05, 0.1) is 4.47 Å². The molecule has 1 aromatic carbocycles. The molecule has 4 unspecified atom stereocenters. The summed E-state index contributed by atoms with van der Waals surface area (Å²) in [6.07, 6.45) is 6.22. The van der Waals surface area contributed by atoms with Gasteiger partial charge in [-0.3, -0.25) is 0 Å². The van der Waals surface area contributed by atoms with Crippen molar-refractivity contribution >= 4 is 15.9 Å². The van der Waals surface area contributed by atoms with Crippen LogP contribution in [0.25, 0.3) is 0 Å². The molecule has 4 heteroatoms. The van der Waals surface area contributed by atoms with E-state index in [2.05, 4.69) is 21.2 Å². The quantitative estimate of drug-likeness (QED) is 0.773. The van der Waals surface area contributed by atoms with Crippen molar-refractivity contribution in [1.29, 1.82) is 0 Å². The molecule has 1 N–H and O–H groups in total. The first-order chi connectivity index (χ1) is 9.58. The third-order valence-corrected chi connectivity index (χ3v) is 5.79. The van der Waals surface area contributed by atoms with Crippen molar-refractivity contribution in [1.82, 2.24) is 5.32 Å². The molecule has 2 aliphatic carbocycles. The molecule has 110 valence electrons. The molecule has 2 saturated carbocycles. The first-order valence-electron chi connectivity index (χ1n) is 7.40. The SMILES string of the molecule is CNC(CC1CC2CCC1C2)c1cc(F)c(Br)cc1F. The molecule has 0 saturated heterocycles. The zero-order valence-electron chi connectivity index (χ0n) is 11.6. The Morgan fingerprint density at radius 2 is 2.05 bits per heavy atom. The fourth-order valence-electron chi connectivity index (χ4n) is 4.17. The summed E-state index contributed by atoms with van der Waals surface area (Å²) in [6, 6.07) is 2.46. The van der Waals surface area contributed by atoms with Crippen LogP contribution < -0.4 is 5.32 Å². The Labute approximate surface area is 127 Å². The minimum absolute atomic E-state index is 0.0954. The maximum absolute atomic E-state index is 14.1. The lowest BCUT2D eigenvalue weighted by molar-refractivity contribution is 0.281. The molecule has 3 rings (SSSR count). The summed E-state index contributed by atoms with van der Waals surface area (Å²) in [7, 11) is 1.83. The van der Waals surface area contributed by atoms with Crippen LogP contribution in [0.5, 0.6) is 0 Å². The van der Waals surface area contributed by atoms with Gasteiger partial charge in [-0.15, -0.1) is 0 Å². The Bertz CT molecular complexity index is 505. The van der Waals surface area contributed by atoms with E-state index in [-0.39, 0.29) is 16.3 Å². The van der Waals surface area contributed by atoms with Gasteiger partial charge in [0.2, 0.25) is 0 Å². The summed E-state index contributed by atoms with van der Waals surface area (Å²) in [6.45, 7) is 0. The van der Waals surface area contributed by atoms with E-state index in [1.54, 1.807) is 0 Å². The first kappa shape index (κ1) is 14.5. The fourth-order valence-corrected chi connectivity index (χ4v) is 4.49. The van der Waals surface area contributed by atoms with E-state index in [1.807, 2.05) is 7.05 Å². The van der Waals surface area contributed by atoms with Gasteiger partial charge >= 0.3 is 0 Å². The highest BCUT2D eigenvalue weighted by atomic mass is 79.9. The largest absolute Gasteiger partial charge is 0.313 e. The Hall–Kier alpha value is -0.480. The normalized spacial score (nSPS) is 29.9. The third kappa shape index (κ3) is 2.64. The number of benzene rings is 1. The van der Waals surface area contributed by atoms with Gasteiger partial charge in [0.15, 0.2) is 0 Å². The van der Waals surface area contributed by atoms with E-state index in [9.17, 15) is 8.78 Å². The molecule has 0 amide bonds. The summed E-state index contributed by atoms with van der Waals surface area (Å²) < 4.78 is 28.0. The van der Waals surface area contributed by atoms with E-state index in [0.29, 0.717) is 11.5 Å². The molecule has 2 aliphatic rings. The maximum Gasteiger partial charge on any atom is 0.137 e. The molecular weight excluding hydrogens is 324 g/mol. The minimum atomic E-state index is -0.394. The number of fused-ring (bicyclic) bond motifs is 2. The van der Waals surface area contributed by atoms with E-state index in [0.717, 1.165) is 18.3 Å². The molecule has 0 heterocycles. The van der Waals surface area contributed by atoms with Crippen LogP contribution in [0, 0.1) is 29.4 Å². The number of hydrogen-bond acceptors (Lipinski definition) is 1. The van der Waals surface area contributed by atoms with Crippen LogP contribution in [-0.2, 0) is 0 Å². The van der Waals surface area contributed by atoms with Gasteiger partial charge in [0.1, 0.15) is 11.6 Å². The van der Waals surface area contributed by atoms with Gasteiger partial charge in [0.25, 0.3) is 0 Å². The second kappa shape index (κ2) is 5.72. The lowest BCUT2D eigenvalue weighted by Crippen LogP contribution is -2.23. The Morgan fingerprint density at radius 1 is 1.25 bits per heavy atom. The van der Waals surface area contributed by atoms with Crippen molar-refractivity contribution in [3.8, 4) is 0 Å². The van der Waals surface area contributed by atoms with Crippen LogP contribution >= 0.6 is 15.9 Å². The minimum Gasteiger partial charge on any atom is -0.313 e. The van der Waals surface area contributed by atoms with Gasteiger partial charge in [0, 0.05) is 11.6 Å². The average molecular weight is 344 g/mol. The molecule has 0 spiro atoms. The first-order valence-corrected chi connectivity index (χ1v) is 8.19. The number of hydrogen-bond donors (Lipinski definition) is 1. The van der Waals surface area contributed by atoms with Gasteiger partial charge < -0.3 is 5.32 Å². The zero-order chi connectivity index (χ0) is 14.3. The standard InChI is InChI=1S/C16H20BrF2N/c1-20-16(6-11-5-9-2-3-10(11)4-9)12-7-15(19)13(17)8-14(12)18/h7-11,16,20H,2-6H2,1H3. The number of rotatable bonds is 4. The van der Waals surface area contributed by atoms with E-state index >= 15 is 0 Å². The summed E-state index contributed by atoms with van der Waals surface area (Å²) in [5.41, 5.74) is 0.455. The molecule has 4 atom stereocenters. The van der Waals surface area contributed by atoms with Gasteiger partial charge in [-0.2, -0.15) is 0 Å². The van der Waals surface area contributed by atoms with Crippen molar-refractivity contribution in [3.05, 3.63) is 33.8 Å². The molecule has 0 aromatic heterocycles. The third-order valence-electron chi connectivity index (χ3n) is 5.19. The average Bonchev–Trinajstić information content (AvgIpc) is 3.03. The van der Waals surface area contributed by atoms with E-state index in [1.165, 1.54) is 37.8 Å². The highest BCUT2D eigenvalue weighted by molar-refractivity contribution is 9.10. The lowest BCUT2D eigenvalue weighted by atomic mass is 9.82. The van der Waals surface area contributed by atoms with Crippen LogP contribution in [0.2, 0.25) is 0 Å². The van der Waals surface area contributed by atoms with Crippen molar-refractivity contribution in [2.75, 3.05) is 7.05 Å². The van der Waals surface area contributed by atoms with Gasteiger partial charge in [-0.05, 0) is 78.5 Å². The van der Waals surface area contributed by atoms with Crippen molar-refractivity contribution in [3.63, 3.8) is 0 Å². The van der Waals surface area contributed by atoms with Crippen molar-refractivity contribution in [2.24, 2.45) is 17.8 Å². The molecule has 1 nitrogen and oxygen atoms in total. The monoisotopic (exact) mass is 343 g/mol. The topological polar surface area (TPSA) is 12.0 Å². The maximum atomic E-state index is 14.1. The zero-order valence-corrected chi connectivity index (χ0v) is 13.2. The van der Waals surface area contributed by atoms with Crippen LogP contribution in [0.15, 0.2) is 16.6 Å². The Kier molecular flexibility index (Phi) is 4.14. The Balaban J connectivity index is 1.78. The molecule has 0 radical (unpaired) electrons. The highest BCUT2D eigenvalue weighted by Gasteiger charge is 2.40. The fraction of sp³-hybridized carbons (Fsp3) is 0.625.